The van der Waals surface area contributed by atoms with Crippen LogP contribution in [0.15, 0.2) is 78.9 Å². The van der Waals surface area contributed by atoms with Gasteiger partial charge < -0.3 is 10.1 Å². The molecule has 0 spiro atoms. The molecular weight excluding hydrogens is 468 g/mol. The highest BCUT2D eigenvalue weighted by Gasteiger charge is 2.61. The Balaban J connectivity index is 1.16. The molecule has 7 heteroatoms. The second-order valence-corrected chi connectivity index (χ2v) is 9.89. The quantitative estimate of drug-likeness (QED) is 0.419. The van der Waals surface area contributed by atoms with Crippen LogP contribution in [0.3, 0.4) is 0 Å². The molecule has 4 aliphatic rings. The number of hydrogen-bond donors (Lipinski definition) is 1. The Hall–Kier alpha value is -4.26. The van der Waals surface area contributed by atoms with Gasteiger partial charge >= 0.3 is 5.97 Å². The van der Waals surface area contributed by atoms with E-state index in [1.807, 2.05) is 85.8 Å². The summed E-state index contributed by atoms with van der Waals surface area (Å²) in [6, 6.07) is 25.1. The number of esters is 1. The van der Waals surface area contributed by atoms with Crippen molar-refractivity contribution < 1.29 is 23.9 Å². The van der Waals surface area contributed by atoms with Crippen LogP contribution in [0.5, 0.6) is 0 Å². The van der Waals surface area contributed by atoms with E-state index in [4.69, 9.17) is 4.74 Å². The zero-order chi connectivity index (χ0) is 25.7. The van der Waals surface area contributed by atoms with E-state index in [1.165, 1.54) is 0 Å². The largest absolute Gasteiger partial charge is 0.454 e. The van der Waals surface area contributed by atoms with Crippen LogP contribution in [0.1, 0.15) is 52.6 Å². The first-order valence-electron chi connectivity index (χ1n) is 12.5. The van der Waals surface area contributed by atoms with E-state index >= 15 is 0 Å². The monoisotopic (exact) mass is 494 g/mol. The van der Waals surface area contributed by atoms with Gasteiger partial charge in [0, 0.05) is 11.8 Å². The van der Waals surface area contributed by atoms with Crippen molar-refractivity contribution in [1.29, 1.82) is 0 Å². The fraction of sp³-hybridized carbons (Fsp3) is 0.267. The lowest BCUT2D eigenvalue weighted by Crippen LogP contribution is -2.41. The van der Waals surface area contributed by atoms with Gasteiger partial charge in [-0.15, -0.1) is 0 Å². The minimum atomic E-state index is -0.787. The summed E-state index contributed by atoms with van der Waals surface area (Å²) < 4.78 is 5.15. The third-order valence-corrected chi connectivity index (χ3v) is 7.87. The van der Waals surface area contributed by atoms with E-state index < -0.39 is 36.9 Å². The zero-order valence-electron chi connectivity index (χ0n) is 20.3. The maximum atomic E-state index is 13.6. The summed E-state index contributed by atoms with van der Waals surface area (Å²) in [4.78, 5) is 53.1. The maximum Gasteiger partial charge on any atom is 0.326 e. The molecule has 1 N–H and O–H groups in total. The van der Waals surface area contributed by atoms with Crippen LogP contribution in [-0.2, 0) is 23.9 Å². The summed E-state index contributed by atoms with van der Waals surface area (Å²) in [7, 11) is 0. The molecule has 0 unspecified atom stereocenters. The van der Waals surface area contributed by atoms with Gasteiger partial charge in [0.2, 0.25) is 11.8 Å². The lowest BCUT2D eigenvalue weighted by atomic mass is 9.55. The maximum absolute atomic E-state index is 13.6. The van der Waals surface area contributed by atoms with Crippen molar-refractivity contribution in [3.8, 4) is 0 Å². The number of likely N-dealkylation sites (tertiary alicyclic amines) is 1. The Morgan fingerprint density at radius 3 is 1.73 bits per heavy atom. The molecule has 1 saturated heterocycles. The van der Waals surface area contributed by atoms with Crippen molar-refractivity contribution in [3.63, 3.8) is 0 Å². The van der Waals surface area contributed by atoms with Crippen molar-refractivity contribution >= 4 is 23.7 Å². The van der Waals surface area contributed by atoms with Gasteiger partial charge in [-0.2, -0.15) is 0 Å². The number of amides is 3. The second kappa shape index (κ2) is 9.00. The average Bonchev–Trinajstić information content (AvgIpc) is 3.17. The van der Waals surface area contributed by atoms with Gasteiger partial charge in [0.05, 0.1) is 17.9 Å². The second-order valence-electron chi connectivity index (χ2n) is 9.89. The summed E-state index contributed by atoms with van der Waals surface area (Å²) in [6.45, 7) is 0.849. The van der Waals surface area contributed by atoms with Crippen LogP contribution < -0.4 is 5.32 Å². The van der Waals surface area contributed by atoms with Crippen molar-refractivity contribution in [2.45, 2.75) is 24.8 Å². The molecule has 2 bridgehead atoms. The first-order valence-corrected chi connectivity index (χ1v) is 12.5. The lowest BCUT2D eigenvalue weighted by molar-refractivity contribution is -0.155. The smallest absolute Gasteiger partial charge is 0.326 e. The summed E-state index contributed by atoms with van der Waals surface area (Å²) in [6.07, 6.45) is 0. The minimum Gasteiger partial charge on any atom is -0.454 e. The molecule has 3 aromatic carbocycles. The van der Waals surface area contributed by atoms with Gasteiger partial charge in [-0.05, 0) is 34.7 Å². The predicted octanol–water partition coefficient (Wildman–Crippen LogP) is 3.30. The fourth-order valence-electron chi connectivity index (χ4n) is 6.32. The molecule has 7 rings (SSSR count). The number of nitrogens with one attached hydrogen (secondary N) is 1. The highest BCUT2D eigenvalue weighted by atomic mass is 16.5. The van der Waals surface area contributed by atoms with Crippen LogP contribution in [0.2, 0.25) is 0 Å². The molecule has 3 aliphatic carbocycles. The summed E-state index contributed by atoms with van der Waals surface area (Å²) in [5, 5.41) is 2.78. The van der Waals surface area contributed by atoms with Crippen LogP contribution in [-0.4, -0.2) is 41.7 Å². The highest BCUT2D eigenvalue weighted by molar-refractivity contribution is 6.09. The molecule has 7 nitrogen and oxygen atoms in total. The molecule has 1 fully saturated rings. The predicted molar refractivity (Wildman–Crippen MR) is 134 cm³/mol. The van der Waals surface area contributed by atoms with Gasteiger partial charge in [-0.3, -0.25) is 24.1 Å². The first-order chi connectivity index (χ1) is 18.0. The van der Waals surface area contributed by atoms with Gasteiger partial charge in [0.15, 0.2) is 6.61 Å². The number of carbonyl (C=O) groups is 4. The number of ether oxygens (including phenoxy) is 1. The number of rotatable bonds is 6. The number of nitrogens with zero attached hydrogens (tertiary/aromatic N) is 1. The highest BCUT2D eigenvalue weighted by Crippen LogP contribution is 2.60. The number of hydrogen-bond acceptors (Lipinski definition) is 5. The molecule has 0 radical (unpaired) electrons. The van der Waals surface area contributed by atoms with E-state index in [0.717, 1.165) is 32.7 Å². The van der Waals surface area contributed by atoms with Crippen molar-refractivity contribution in [3.05, 3.63) is 107 Å². The van der Waals surface area contributed by atoms with Gasteiger partial charge in [0.25, 0.3) is 5.91 Å². The normalized spacial score (nSPS) is 23.6. The molecule has 37 heavy (non-hydrogen) atoms. The molecule has 3 atom stereocenters. The van der Waals surface area contributed by atoms with E-state index in [0.29, 0.717) is 0 Å². The first kappa shape index (κ1) is 23.2. The number of benzene rings is 3. The Kier molecular flexibility index (Phi) is 5.63. The molecule has 3 amide bonds. The van der Waals surface area contributed by atoms with Crippen LogP contribution in [0.4, 0.5) is 0 Å². The van der Waals surface area contributed by atoms with Gasteiger partial charge in [0.1, 0.15) is 6.54 Å². The molecule has 0 aromatic heterocycles. The summed E-state index contributed by atoms with van der Waals surface area (Å²) in [5.41, 5.74) is 5.21. The van der Waals surface area contributed by atoms with Gasteiger partial charge in [-0.25, -0.2) is 0 Å². The van der Waals surface area contributed by atoms with Gasteiger partial charge in [-0.1, -0.05) is 78.9 Å². The Bertz CT molecular complexity index is 1300. The number of imide groups is 1. The van der Waals surface area contributed by atoms with Crippen molar-refractivity contribution in [1.82, 2.24) is 10.2 Å². The molecule has 1 heterocycles. The fourth-order valence-corrected chi connectivity index (χ4v) is 6.32. The Morgan fingerprint density at radius 2 is 1.24 bits per heavy atom. The molecular formula is C30H26N2O5. The van der Waals surface area contributed by atoms with Crippen LogP contribution >= 0.6 is 0 Å². The summed E-state index contributed by atoms with van der Waals surface area (Å²) in [5.74, 6) is -3.52. The van der Waals surface area contributed by atoms with Crippen molar-refractivity contribution in [2.24, 2.45) is 11.8 Å². The van der Waals surface area contributed by atoms with Crippen LogP contribution in [0, 0.1) is 11.8 Å². The van der Waals surface area contributed by atoms with Crippen LogP contribution in [0.25, 0.3) is 0 Å². The Labute approximate surface area is 214 Å². The topological polar surface area (TPSA) is 92.8 Å². The molecule has 3 aromatic rings. The average molecular weight is 495 g/mol. The Morgan fingerprint density at radius 1 is 0.784 bits per heavy atom. The van der Waals surface area contributed by atoms with E-state index in [9.17, 15) is 19.2 Å². The number of carbonyl (C=O) groups excluding carboxylic acids is 4. The van der Waals surface area contributed by atoms with E-state index in [-0.39, 0.29) is 29.7 Å². The minimum absolute atomic E-state index is 0.231. The van der Waals surface area contributed by atoms with E-state index in [2.05, 4.69) is 5.32 Å². The zero-order valence-corrected chi connectivity index (χ0v) is 20.3. The third kappa shape index (κ3) is 3.73. The molecule has 1 aliphatic heterocycles. The third-order valence-electron chi connectivity index (χ3n) is 7.87. The molecule has 0 saturated carbocycles. The van der Waals surface area contributed by atoms with Crippen molar-refractivity contribution in [2.75, 3.05) is 13.2 Å². The standard InChI is InChI=1S/C30H26N2O5/c1-17(18-9-3-2-4-10-18)31-23(33)16-37-24(34)15-32-29(35)27-25-19-11-5-6-12-20(19)26(28(27)30(32)36)22-14-8-7-13-21(22)25/h2-14,17,25-28H,15-16H2,1H3,(H,31,33)/t17-,25?,26?,27+,28+/m0/s1. The molecule has 186 valence electrons. The lowest BCUT2D eigenvalue weighted by Gasteiger charge is -2.45. The van der Waals surface area contributed by atoms with E-state index in [1.54, 1.807) is 0 Å². The summed E-state index contributed by atoms with van der Waals surface area (Å²) >= 11 is 0. The SMILES string of the molecule is C[C@H](NC(=O)COC(=O)CN1C(=O)[C@@H]2C3c4ccccc4C(c4ccccc43)[C@H]2C1=O)c1ccccc1.